The summed E-state index contributed by atoms with van der Waals surface area (Å²) in [5.41, 5.74) is 0.676. The average Bonchev–Trinajstić information content (AvgIpc) is 2.67. The van der Waals surface area contributed by atoms with E-state index in [4.69, 9.17) is 5.26 Å². The Hall–Kier alpha value is -0.980. The SMILES string of the molecule is CC/C=C(S)/C=C(\C#N)c1cccs1. The number of hydrogen-bond donors (Lipinski definition) is 1. The first-order chi connectivity index (χ1) is 6.77. The number of rotatable bonds is 3. The Balaban J connectivity index is 2.94. The van der Waals surface area contributed by atoms with Gasteiger partial charge in [0.2, 0.25) is 0 Å². The summed E-state index contributed by atoms with van der Waals surface area (Å²) >= 11 is 5.84. The van der Waals surface area contributed by atoms with Gasteiger partial charge in [0.25, 0.3) is 0 Å². The summed E-state index contributed by atoms with van der Waals surface area (Å²) in [6.07, 6.45) is 4.71. The van der Waals surface area contributed by atoms with Gasteiger partial charge in [-0.3, -0.25) is 0 Å². The van der Waals surface area contributed by atoms with Crippen LogP contribution in [0.15, 0.2) is 34.6 Å². The normalized spacial score (nSPS) is 12.6. The van der Waals surface area contributed by atoms with E-state index in [0.29, 0.717) is 5.57 Å². The second-order valence-corrected chi connectivity index (χ2v) is 4.15. The molecule has 72 valence electrons. The van der Waals surface area contributed by atoms with Crippen LogP contribution in [0, 0.1) is 11.3 Å². The first-order valence-electron chi connectivity index (χ1n) is 4.32. The third-order valence-electron chi connectivity index (χ3n) is 1.61. The van der Waals surface area contributed by atoms with Gasteiger partial charge in [0.05, 0.1) is 5.57 Å². The molecular weight excluding hydrogens is 210 g/mol. The highest BCUT2D eigenvalue weighted by Crippen LogP contribution is 2.21. The van der Waals surface area contributed by atoms with E-state index in [2.05, 4.69) is 18.7 Å². The van der Waals surface area contributed by atoms with Crippen molar-refractivity contribution in [2.75, 3.05) is 0 Å². The van der Waals surface area contributed by atoms with Gasteiger partial charge in [-0.15, -0.1) is 24.0 Å². The lowest BCUT2D eigenvalue weighted by Crippen LogP contribution is -1.75. The quantitative estimate of drug-likeness (QED) is 0.467. The maximum Gasteiger partial charge on any atom is 0.101 e. The molecule has 3 heteroatoms. The van der Waals surface area contributed by atoms with Crippen LogP contribution in [-0.2, 0) is 0 Å². The number of thiol groups is 1. The molecule has 0 saturated heterocycles. The Bertz CT molecular complexity index is 380. The lowest BCUT2D eigenvalue weighted by atomic mass is 10.2. The molecule has 14 heavy (non-hydrogen) atoms. The van der Waals surface area contributed by atoms with Crippen molar-refractivity contribution in [1.82, 2.24) is 0 Å². The van der Waals surface area contributed by atoms with Crippen LogP contribution in [-0.4, -0.2) is 0 Å². The van der Waals surface area contributed by atoms with Crippen LogP contribution in [0.2, 0.25) is 0 Å². The Labute approximate surface area is 93.8 Å². The van der Waals surface area contributed by atoms with Gasteiger partial charge in [-0.25, -0.2) is 0 Å². The van der Waals surface area contributed by atoms with E-state index >= 15 is 0 Å². The molecule has 1 aromatic rings. The molecule has 1 heterocycles. The fourth-order valence-corrected chi connectivity index (χ4v) is 2.01. The van der Waals surface area contributed by atoms with E-state index in [1.807, 2.05) is 30.5 Å². The summed E-state index contributed by atoms with van der Waals surface area (Å²) in [7, 11) is 0. The van der Waals surface area contributed by atoms with E-state index in [-0.39, 0.29) is 0 Å². The molecule has 1 nitrogen and oxygen atoms in total. The predicted molar refractivity (Wildman–Crippen MR) is 65.3 cm³/mol. The maximum absolute atomic E-state index is 8.94. The van der Waals surface area contributed by atoms with Crippen LogP contribution in [0.1, 0.15) is 18.2 Å². The molecule has 1 rings (SSSR count). The van der Waals surface area contributed by atoms with Crippen LogP contribution in [0.5, 0.6) is 0 Å². The average molecular weight is 221 g/mol. The van der Waals surface area contributed by atoms with Gasteiger partial charge in [-0.1, -0.05) is 19.1 Å². The van der Waals surface area contributed by atoms with Gasteiger partial charge in [-0.2, -0.15) is 5.26 Å². The molecule has 0 aliphatic heterocycles. The number of hydrogen-bond acceptors (Lipinski definition) is 3. The van der Waals surface area contributed by atoms with E-state index in [1.165, 1.54) is 0 Å². The van der Waals surface area contributed by atoms with Crippen LogP contribution >= 0.6 is 24.0 Å². The Kier molecular flexibility index (Phi) is 4.51. The molecular formula is C11H11NS2. The minimum atomic E-state index is 0.676. The Morgan fingerprint density at radius 2 is 2.50 bits per heavy atom. The van der Waals surface area contributed by atoms with Gasteiger partial charge >= 0.3 is 0 Å². The minimum absolute atomic E-state index is 0.676. The van der Waals surface area contributed by atoms with E-state index in [0.717, 1.165) is 16.2 Å². The summed E-state index contributed by atoms with van der Waals surface area (Å²) in [5.74, 6) is 0. The van der Waals surface area contributed by atoms with Crippen molar-refractivity contribution in [3.63, 3.8) is 0 Å². The second kappa shape index (κ2) is 5.69. The molecule has 0 unspecified atom stereocenters. The number of thiophene rings is 1. The predicted octanol–water partition coefficient (Wildman–Crippen LogP) is 3.88. The largest absolute Gasteiger partial charge is 0.192 e. The van der Waals surface area contributed by atoms with Gasteiger partial charge in [0, 0.05) is 9.78 Å². The van der Waals surface area contributed by atoms with Crippen LogP contribution < -0.4 is 0 Å². The van der Waals surface area contributed by atoms with Crippen molar-refractivity contribution in [1.29, 1.82) is 5.26 Å². The number of allylic oxidation sites excluding steroid dienone is 3. The third-order valence-corrected chi connectivity index (χ3v) is 2.83. The zero-order valence-electron chi connectivity index (χ0n) is 7.90. The molecule has 0 aliphatic rings. The van der Waals surface area contributed by atoms with E-state index in [9.17, 15) is 0 Å². The Morgan fingerprint density at radius 3 is 3.00 bits per heavy atom. The minimum Gasteiger partial charge on any atom is -0.192 e. The molecule has 0 saturated carbocycles. The lowest BCUT2D eigenvalue weighted by Gasteiger charge is -1.94. The van der Waals surface area contributed by atoms with Gasteiger partial charge in [-0.05, 0) is 23.9 Å². The van der Waals surface area contributed by atoms with Gasteiger partial charge < -0.3 is 0 Å². The molecule has 0 amide bonds. The lowest BCUT2D eigenvalue weighted by molar-refractivity contribution is 1.22. The summed E-state index contributed by atoms with van der Waals surface area (Å²) in [5, 5.41) is 10.9. The molecule has 0 spiro atoms. The zero-order chi connectivity index (χ0) is 10.4. The van der Waals surface area contributed by atoms with Crippen LogP contribution in [0.3, 0.4) is 0 Å². The highest BCUT2D eigenvalue weighted by molar-refractivity contribution is 7.84. The molecule has 0 aliphatic carbocycles. The smallest absolute Gasteiger partial charge is 0.101 e. The fourth-order valence-electron chi connectivity index (χ4n) is 1.01. The monoisotopic (exact) mass is 221 g/mol. The number of nitrogens with zero attached hydrogens (tertiary/aromatic N) is 1. The fraction of sp³-hybridized carbons (Fsp3) is 0.182. The third kappa shape index (κ3) is 3.06. The standard InChI is InChI=1S/C11H11NS2/c1-2-4-10(13)7-9(8-12)11-5-3-6-14-11/h3-7,13H,2H2,1H3/b9-7+,10-4-. The Morgan fingerprint density at radius 1 is 1.71 bits per heavy atom. The van der Waals surface area contributed by atoms with Crippen molar-refractivity contribution in [3.8, 4) is 6.07 Å². The molecule has 0 aromatic carbocycles. The van der Waals surface area contributed by atoms with E-state index in [1.54, 1.807) is 17.4 Å². The summed E-state index contributed by atoms with van der Waals surface area (Å²) in [6.45, 7) is 2.04. The van der Waals surface area contributed by atoms with Crippen molar-refractivity contribution >= 4 is 29.5 Å². The highest BCUT2D eigenvalue weighted by atomic mass is 32.1. The summed E-state index contributed by atoms with van der Waals surface area (Å²) in [6, 6.07) is 6.05. The topological polar surface area (TPSA) is 23.8 Å². The van der Waals surface area contributed by atoms with Crippen molar-refractivity contribution in [3.05, 3.63) is 39.4 Å². The van der Waals surface area contributed by atoms with Gasteiger partial charge in [0.15, 0.2) is 0 Å². The second-order valence-electron chi connectivity index (χ2n) is 2.68. The van der Waals surface area contributed by atoms with Gasteiger partial charge in [0.1, 0.15) is 6.07 Å². The van der Waals surface area contributed by atoms with Crippen molar-refractivity contribution < 1.29 is 0 Å². The zero-order valence-corrected chi connectivity index (χ0v) is 9.61. The molecule has 0 atom stereocenters. The first kappa shape index (κ1) is 11.1. The van der Waals surface area contributed by atoms with E-state index < -0.39 is 0 Å². The van der Waals surface area contributed by atoms with Crippen molar-refractivity contribution in [2.24, 2.45) is 0 Å². The first-order valence-corrected chi connectivity index (χ1v) is 5.65. The molecule has 0 bridgehead atoms. The summed E-state index contributed by atoms with van der Waals surface area (Å²) < 4.78 is 0. The molecule has 0 N–H and O–H groups in total. The highest BCUT2D eigenvalue weighted by Gasteiger charge is 2.00. The molecule has 0 radical (unpaired) electrons. The van der Waals surface area contributed by atoms with Crippen LogP contribution in [0.4, 0.5) is 0 Å². The van der Waals surface area contributed by atoms with Crippen LogP contribution in [0.25, 0.3) is 5.57 Å². The van der Waals surface area contributed by atoms with Crippen molar-refractivity contribution in [2.45, 2.75) is 13.3 Å². The number of nitriles is 1. The molecule has 1 aromatic heterocycles. The summed E-state index contributed by atoms with van der Waals surface area (Å²) in [4.78, 5) is 1.83. The maximum atomic E-state index is 8.94. The molecule has 0 fully saturated rings.